The van der Waals surface area contributed by atoms with E-state index in [4.69, 9.17) is 4.74 Å². The zero-order valence-electron chi connectivity index (χ0n) is 13.9. The van der Waals surface area contributed by atoms with Crippen molar-refractivity contribution in [1.82, 2.24) is 25.4 Å². The topological polar surface area (TPSA) is 81.1 Å². The van der Waals surface area contributed by atoms with Gasteiger partial charge in [-0.3, -0.25) is 4.68 Å². The summed E-state index contributed by atoms with van der Waals surface area (Å²) in [6, 6.07) is 0.537. The van der Waals surface area contributed by atoms with Crippen molar-refractivity contribution in [3.8, 4) is 0 Å². The first-order valence-corrected chi connectivity index (χ1v) is 7.89. The molecule has 1 aliphatic rings. The van der Waals surface area contributed by atoms with Crippen molar-refractivity contribution in [2.45, 2.75) is 70.7 Å². The highest BCUT2D eigenvalue weighted by molar-refractivity contribution is 5.68. The molecule has 7 heteroatoms. The molecular weight excluding hydrogens is 282 g/mol. The van der Waals surface area contributed by atoms with Gasteiger partial charge in [0.05, 0.1) is 6.54 Å². The number of hydrogen-bond acceptors (Lipinski definition) is 5. The molecule has 7 nitrogen and oxygen atoms in total. The van der Waals surface area contributed by atoms with E-state index >= 15 is 0 Å². The van der Waals surface area contributed by atoms with Gasteiger partial charge in [0.25, 0.3) is 0 Å². The average molecular weight is 309 g/mol. The Morgan fingerprint density at radius 2 is 2.14 bits per heavy atom. The van der Waals surface area contributed by atoms with Crippen LogP contribution in [0, 0.1) is 0 Å². The van der Waals surface area contributed by atoms with E-state index in [1.165, 1.54) is 0 Å². The number of hydrogen-bond donors (Lipinski definition) is 2. The monoisotopic (exact) mass is 309 g/mol. The van der Waals surface area contributed by atoms with Crippen molar-refractivity contribution in [2.75, 3.05) is 0 Å². The summed E-state index contributed by atoms with van der Waals surface area (Å²) in [6.07, 6.45) is 5.48. The van der Waals surface area contributed by atoms with Crippen molar-refractivity contribution in [2.24, 2.45) is 7.05 Å². The molecule has 0 spiro atoms. The summed E-state index contributed by atoms with van der Waals surface area (Å²) in [4.78, 5) is 16.0. The fraction of sp³-hybridized carbons (Fsp3) is 0.800. The lowest BCUT2D eigenvalue weighted by Crippen LogP contribution is -2.45. The summed E-state index contributed by atoms with van der Waals surface area (Å²) >= 11 is 0. The molecule has 124 valence electrons. The summed E-state index contributed by atoms with van der Waals surface area (Å²) in [6.45, 7) is 6.28. The van der Waals surface area contributed by atoms with Gasteiger partial charge in [-0.05, 0) is 46.5 Å². The van der Waals surface area contributed by atoms with Gasteiger partial charge in [-0.25, -0.2) is 9.78 Å². The maximum atomic E-state index is 11.8. The Labute approximate surface area is 131 Å². The van der Waals surface area contributed by atoms with Crippen LogP contribution in [0.5, 0.6) is 0 Å². The second-order valence-corrected chi connectivity index (χ2v) is 6.92. The summed E-state index contributed by atoms with van der Waals surface area (Å²) in [5.41, 5.74) is -0.457. The van der Waals surface area contributed by atoms with Gasteiger partial charge in [0.15, 0.2) is 5.82 Å². The number of aromatic nitrogens is 3. The van der Waals surface area contributed by atoms with Crippen molar-refractivity contribution >= 4 is 6.09 Å². The molecule has 0 aliphatic heterocycles. The van der Waals surface area contributed by atoms with Gasteiger partial charge in [0.2, 0.25) is 0 Å². The van der Waals surface area contributed by atoms with E-state index in [-0.39, 0.29) is 12.1 Å². The number of rotatable bonds is 4. The highest BCUT2D eigenvalue weighted by Gasteiger charge is 2.25. The fourth-order valence-electron chi connectivity index (χ4n) is 2.68. The molecule has 1 amide bonds. The average Bonchev–Trinajstić information content (AvgIpc) is 2.80. The van der Waals surface area contributed by atoms with E-state index < -0.39 is 5.60 Å². The molecule has 1 aromatic heterocycles. The SMILES string of the molecule is Cn1cnc(CNC2CCCC(NC(=O)OC(C)(C)C)C2)n1. The number of ether oxygens (including phenoxy) is 1. The summed E-state index contributed by atoms with van der Waals surface area (Å²) in [5, 5.41) is 10.7. The third-order valence-corrected chi connectivity index (χ3v) is 3.59. The number of nitrogens with zero attached hydrogens (tertiary/aromatic N) is 3. The van der Waals surface area contributed by atoms with Crippen LogP contribution >= 0.6 is 0 Å². The normalized spacial score (nSPS) is 22.4. The number of nitrogens with one attached hydrogen (secondary N) is 2. The highest BCUT2D eigenvalue weighted by Crippen LogP contribution is 2.19. The molecule has 1 heterocycles. The molecule has 2 rings (SSSR count). The molecule has 22 heavy (non-hydrogen) atoms. The molecule has 1 fully saturated rings. The number of alkyl carbamates (subject to hydrolysis) is 1. The second kappa shape index (κ2) is 7.09. The van der Waals surface area contributed by atoms with Crippen molar-refractivity contribution in [3.63, 3.8) is 0 Å². The van der Waals surface area contributed by atoms with Crippen LogP contribution in [-0.4, -0.2) is 38.5 Å². The van der Waals surface area contributed by atoms with Gasteiger partial charge >= 0.3 is 6.09 Å². The maximum absolute atomic E-state index is 11.8. The third-order valence-electron chi connectivity index (χ3n) is 3.59. The van der Waals surface area contributed by atoms with E-state index in [0.717, 1.165) is 31.5 Å². The Balaban J connectivity index is 1.75. The molecule has 2 atom stereocenters. The Hall–Kier alpha value is -1.63. The molecule has 1 aliphatic carbocycles. The van der Waals surface area contributed by atoms with Crippen LogP contribution in [0.4, 0.5) is 4.79 Å². The van der Waals surface area contributed by atoms with Gasteiger partial charge < -0.3 is 15.4 Å². The van der Waals surface area contributed by atoms with Gasteiger partial charge in [0, 0.05) is 19.1 Å². The predicted molar refractivity (Wildman–Crippen MR) is 83.3 cm³/mol. The van der Waals surface area contributed by atoms with Crippen LogP contribution in [0.1, 0.15) is 52.3 Å². The molecule has 1 saturated carbocycles. The van der Waals surface area contributed by atoms with Gasteiger partial charge in [-0.15, -0.1) is 0 Å². The van der Waals surface area contributed by atoms with E-state index in [9.17, 15) is 4.79 Å². The zero-order chi connectivity index (χ0) is 16.2. The van der Waals surface area contributed by atoms with Crippen molar-refractivity contribution in [1.29, 1.82) is 0 Å². The zero-order valence-corrected chi connectivity index (χ0v) is 13.9. The van der Waals surface area contributed by atoms with Crippen LogP contribution in [0.15, 0.2) is 6.33 Å². The molecular formula is C15H27N5O2. The Morgan fingerprint density at radius 1 is 1.41 bits per heavy atom. The van der Waals surface area contributed by atoms with Crippen LogP contribution < -0.4 is 10.6 Å². The summed E-state index contributed by atoms with van der Waals surface area (Å²) in [5.74, 6) is 0.796. The molecule has 0 radical (unpaired) electrons. The first kappa shape index (κ1) is 16.7. The minimum atomic E-state index is -0.457. The maximum Gasteiger partial charge on any atom is 0.407 e. The van der Waals surface area contributed by atoms with E-state index in [1.807, 2.05) is 27.8 Å². The Morgan fingerprint density at radius 3 is 2.77 bits per heavy atom. The molecule has 2 N–H and O–H groups in total. The standard InChI is InChI=1S/C15H27N5O2/c1-15(2,3)22-14(21)18-12-7-5-6-11(8-12)16-9-13-17-10-20(4)19-13/h10-12,16H,5-9H2,1-4H3,(H,18,21). The lowest BCUT2D eigenvalue weighted by Gasteiger charge is -2.31. The van der Waals surface area contributed by atoms with Gasteiger partial charge in [-0.2, -0.15) is 5.10 Å². The van der Waals surface area contributed by atoms with Crippen molar-refractivity contribution < 1.29 is 9.53 Å². The smallest absolute Gasteiger partial charge is 0.407 e. The lowest BCUT2D eigenvalue weighted by atomic mass is 9.91. The first-order valence-electron chi connectivity index (χ1n) is 7.89. The summed E-state index contributed by atoms with van der Waals surface area (Å²) < 4.78 is 7.01. The first-order chi connectivity index (χ1) is 10.3. The van der Waals surface area contributed by atoms with E-state index in [1.54, 1.807) is 11.0 Å². The minimum Gasteiger partial charge on any atom is -0.444 e. The number of amides is 1. The quantitative estimate of drug-likeness (QED) is 0.885. The van der Waals surface area contributed by atoms with Gasteiger partial charge in [0.1, 0.15) is 11.9 Å². The fourth-order valence-corrected chi connectivity index (χ4v) is 2.68. The van der Waals surface area contributed by atoms with E-state index in [2.05, 4.69) is 20.7 Å². The van der Waals surface area contributed by atoms with Crippen LogP contribution in [0.25, 0.3) is 0 Å². The number of carbonyl (C=O) groups excluding carboxylic acids is 1. The third kappa shape index (κ3) is 5.63. The van der Waals surface area contributed by atoms with E-state index in [0.29, 0.717) is 12.6 Å². The molecule has 0 aromatic carbocycles. The van der Waals surface area contributed by atoms with Crippen LogP contribution in [0.3, 0.4) is 0 Å². The molecule has 0 saturated heterocycles. The molecule has 1 aromatic rings. The minimum absolute atomic E-state index is 0.165. The van der Waals surface area contributed by atoms with Crippen molar-refractivity contribution in [3.05, 3.63) is 12.2 Å². The Kier molecular flexibility index (Phi) is 5.39. The van der Waals surface area contributed by atoms with Crippen LogP contribution in [0.2, 0.25) is 0 Å². The van der Waals surface area contributed by atoms with Crippen LogP contribution in [-0.2, 0) is 18.3 Å². The largest absolute Gasteiger partial charge is 0.444 e. The van der Waals surface area contributed by atoms with Gasteiger partial charge in [-0.1, -0.05) is 0 Å². The second-order valence-electron chi connectivity index (χ2n) is 6.92. The number of aryl methyl sites for hydroxylation is 1. The predicted octanol–water partition coefficient (Wildman–Crippen LogP) is 1.74. The number of carbonyl (C=O) groups is 1. The highest BCUT2D eigenvalue weighted by atomic mass is 16.6. The lowest BCUT2D eigenvalue weighted by molar-refractivity contribution is 0.0488. The molecule has 2 unspecified atom stereocenters. The molecule has 0 bridgehead atoms. The summed E-state index contributed by atoms with van der Waals surface area (Å²) in [7, 11) is 1.86. The Bertz CT molecular complexity index is 494.